The van der Waals surface area contributed by atoms with Crippen LogP contribution in [0.4, 0.5) is 0 Å². The van der Waals surface area contributed by atoms with Crippen LogP contribution < -0.4 is 10.6 Å². The lowest BCUT2D eigenvalue weighted by atomic mass is 9.78. The Hall–Kier alpha value is -1.29. The molecule has 1 aliphatic carbocycles. The third-order valence-corrected chi connectivity index (χ3v) is 6.08. The molecule has 2 saturated heterocycles. The molecule has 2 heterocycles. The van der Waals surface area contributed by atoms with Crippen LogP contribution in [0.5, 0.6) is 0 Å². The lowest BCUT2D eigenvalue weighted by Gasteiger charge is -2.50. The predicted molar refractivity (Wildman–Crippen MR) is 102 cm³/mol. The number of halogens is 1. The average molecular weight is 384 g/mol. The van der Waals surface area contributed by atoms with Crippen LogP contribution in [0.3, 0.4) is 0 Å². The van der Waals surface area contributed by atoms with Crippen LogP contribution in [0, 0.1) is 17.8 Å². The first-order valence-corrected chi connectivity index (χ1v) is 9.51. The summed E-state index contributed by atoms with van der Waals surface area (Å²) in [5, 5.41) is 16.9. The molecule has 2 amide bonds. The maximum Gasteiger partial charge on any atom is 0.249 e. The number of piperazine rings is 1. The van der Waals surface area contributed by atoms with Crippen molar-refractivity contribution in [2.45, 2.75) is 69.6 Å². The van der Waals surface area contributed by atoms with Crippen molar-refractivity contribution in [2.75, 3.05) is 19.6 Å². The molecule has 2 atom stereocenters. The van der Waals surface area contributed by atoms with Gasteiger partial charge in [0.1, 0.15) is 11.6 Å². The van der Waals surface area contributed by atoms with Crippen molar-refractivity contribution in [3.8, 4) is 11.8 Å². The Morgan fingerprint density at radius 3 is 2.50 bits per heavy atom. The van der Waals surface area contributed by atoms with E-state index in [0.29, 0.717) is 25.9 Å². The van der Waals surface area contributed by atoms with E-state index in [1.807, 2.05) is 0 Å². The third-order valence-electron chi connectivity index (χ3n) is 6.08. The van der Waals surface area contributed by atoms with E-state index in [1.165, 1.54) is 6.42 Å². The van der Waals surface area contributed by atoms with Gasteiger partial charge in [-0.2, -0.15) is 0 Å². The van der Waals surface area contributed by atoms with Gasteiger partial charge >= 0.3 is 0 Å². The number of carbonyl (C=O) groups excluding carboxylic acids is 2. The van der Waals surface area contributed by atoms with Crippen molar-refractivity contribution < 1.29 is 14.7 Å². The number of amides is 2. The number of hydrogen-bond donors (Lipinski definition) is 3. The van der Waals surface area contributed by atoms with Gasteiger partial charge in [0.25, 0.3) is 0 Å². The minimum Gasteiger partial charge on any atom is -0.390 e. The molecule has 1 saturated carbocycles. The van der Waals surface area contributed by atoms with Crippen LogP contribution in [-0.4, -0.2) is 59.1 Å². The normalized spacial score (nSPS) is 27.2. The third kappa shape index (κ3) is 3.85. The molecule has 0 bridgehead atoms. The summed E-state index contributed by atoms with van der Waals surface area (Å²) in [7, 11) is 0. The minimum absolute atomic E-state index is 0. The Morgan fingerprint density at radius 2 is 1.88 bits per heavy atom. The molecule has 0 aromatic heterocycles. The molecule has 146 valence electrons. The average Bonchev–Trinajstić information content (AvgIpc) is 2.66. The van der Waals surface area contributed by atoms with E-state index < -0.39 is 17.7 Å². The molecule has 3 rings (SSSR count). The van der Waals surface area contributed by atoms with E-state index in [4.69, 9.17) is 0 Å². The van der Waals surface area contributed by atoms with Crippen molar-refractivity contribution in [3.63, 3.8) is 0 Å². The van der Waals surface area contributed by atoms with E-state index in [9.17, 15) is 14.7 Å². The largest absolute Gasteiger partial charge is 0.390 e. The molecular formula is C19H30ClN3O3. The van der Waals surface area contributed by atoms with Gasteiger partial charge in [-0.25, -0.2) is 0 Å². The van der Waals surface area contributed by atoms with Crippen molar-refractivity contribution in [2.24, 2.45) is 5.92 Å². The number of nitrogens with one attached hydrogen (secondary N) is 2. The van der Waals surface area contributed by atoms with Gasteiger partial charge in [0.05, 0.1) is 12.6 Å². The van der Waals surface area contributed by atoms with Crippen LogP contribution in [0.25, 0.3) is 0 Å². The van der Waals surface area contributed by atoms with E-state index >= 15 is 0 Å². The molecule has 0 radical (unpaired) electrons. The van der Waals surface area contributed by atoms with Gasteiger partial charge in [-0.15, -0.1) is 18.3 Å². The zero-order valence-electron chi connectivity index (χ0n) is 15.4. The predicted octanol–water partition coefficient (Wildman–Crippen LogP) is 0.822. The summed E-state index contributed by atoms with van der Waals surface area (Å²) in [6.07, 6.45) is 5.55. The summed E-state index contributed by atoms with van der Waals surface area (Å²) < 4.78 is 0. The number of aliphatic hydroxyl groups excluding tert-OH is 1. The fourth-order valence-electron chi connectivity index (χ4n) is 4.54. The molecular weight excluding hydrogens is 354 g/mol. The topological polar surface area (TPSA) is 81.7 Å². The zero-order valence-corrected chi connectivity index (χ0v) is 16.2. The lowest BCUT2D eigenvalue weighted by Crippen LogP contribution is -2.74. The first-order chi connectivity index (χ1) is 12.1. The Bertz CT molecular complexity index is 574. The van der Waals surface area contributed by atoms with Gasteiger partial charge in [-0.3, -0.25) is 9.59 Å². The van der Waals surface area contributed by atoms with E-state index in [-0.39, 0.29) is 36.7 Å². The van der Waals surface area contributed by atoms with Gasteiger partial charge in [0, 0.05) is 0 Å². The highest BCUT2D eigenvalue weighted by molar-refractivity contribution is 6.00. The highest BCUT2D eigenvalue weighted by Gasteiger charge is 2.54. The second-order valence-electron chi connectivity index (χ2n) is 7.47. The Kier molecular flexibility index (Phi) is 7.33. The molecule has 0 aromatic carbocycles. The van der Waals surface area contributed by atoms with Crippen LogP contribution >= 0.6 is 12.4 Å². The van der Waals surface area contributed by atoms with Crippen LogP contribution in [-0.2, 0) is 9.59 Å². The molecule has 3 aliphatic rings. The molecule has 6 nitrogen and oxygen atoms in total. The molecule has 0 aromatic rings. The molecule has 2 aliphatic heterocycles. The number of rotatable bonds is 3. The summed E-state index contributed by atoms with van der Waals surface area (Å²) in [6.45, 7) is 3.38. The fraction of sp³-hybridized carbons (Fsp3) is 0.789. The number of nitrogens with zero attached hydrogens (tertiary/aromatic N) is 1. The molecule has 3 N–H and O–H groups in total. The summed E-state index contributed by atoms with van der Waals surface area (Å²) in [6, 6.07) is -0.838. The van der Waals surface area contributed by atoms with Crippen molar-refractivity contribution in [3.05, 3.63) is 0 Å². The highest BCUT2D eigenvalue weighted by atomic mass is 35.5. The number of hydrogen-bond acceptors (Lipinski definition) is 4. The monoisotopic (exact) mass is 383 g/mol. The second kappa shape index (κ2) is 9.07. The highest BCUT2D eigenvalue weighted by Crippen LogP contribution is 2.34. The molecule has 26 heavy (non-hydrogen) atoms. The molecule has 7 heteroatoms. The van der Waals surface area contributed by atoms with E-state index in [2.05, 4.69) is 22.5 Å². The zero-order chi connectivity index (χ0) is 17.9. The van der Waals surface area contributed by atoms with E-state index in [1.54, 1.807) is 11.8 Å². The maximum atomic E-state index is 13.2. The maximum absolute atomic E-state index is 13.2. The molecule has 3 fully saturated rings. The summed E-state index contributed by atoms with van der Waals surface area (Å²) in [5.41, 5.74) is -0.824. The summed E-state index contributed by atoms with van der Waals surface area (Å²) >= 11 is 0. The quantitative estimate of drug-likeness (QED) is 0.630. The second-order valence-corrected chi connectivity index (χ2v) is 7.47. The first kappa shape index (κ1) is 21.0. The Labute approximate surface area is 161 Å². The van der Waals surface area contributed by atoms with Gasteiger partial charge in [-0.05, 0) is 51.6 Å². The SMILES string of the molecule is CC#CCN1C(=O)[C@@H]([C@H](O)C2CCCCC2)NC(=O)C12CCNCC2.Cl. The number of carbonyl (C=O) groups is 2. The van der Waals surface area contributed by atoms with Gasteiger partial charge in [0.15, 0.2) is 0 Å². The lowest BCUT2D eigenvalue weighted by molar-refractivity contribution is -0.163. The molecule has 1 spiro atoms. The van der Waals surface area contributed by atoms with Gasteiger partial charge in [-0.1, -0.05) is 25.2 Å². The number of piperidine rings is 1. The Balaban J connectivity index is 0.00000243. The van der Waals surface area contributed by atoms with E-state index in [0.717, 1.165) is 25.7 Å². The fourth-order valence-corrected chi connectivity index (χ4v) is 4.54. The minimum atomic E-state index is -0.838. The first-order valence-electron chi connectivity index (χ1n) is 9.51. The summed E-state index contributed by atoms with van der Waals surface area (Å²) in [4.78, 5) is 27.8. The number of aliphatic hydroxyl groups is 1. The van der Waals surface area contributed by atoms with Crippen LogP contribution in [0.1, 0.15) is 51.9 Å². The van der Waals surface area contributed by atoms with Crippen molar-refractivity contribution in [1.82, 2.24) is 15.5 Å². The van der Waals surface area contributed by atoms with Gasteiger partial charge < -0.3 is 20.6 Å². The van der Waals surface area contributed by atoms with Crippen molar-refractivity contribution in [1.29, 1.82) is 0 Å². The Morgan fingerprint density at radius 1 is 1.23 bits per heavy atom. The van der Waals surface area contributed by atoms with Crippen LogP contribution in [0.2, 0.25) is 0 Å². The smallest absolute Gasteiger partial charge is 0.249 e. The van der Waals surface area contributed by atoms with Crippen molar-refractivity contribution >= 4 is 24.2 Å². The standard InChI is InChI=1S/C19H29N3O3.ClH/c1-2-3-13-22-17(24)15(16(23)14-7-5-4-6-8-14)21-18(25)19(22)9-11-20-12-10-19;/h14-16,20,23H,4-13H2,1H3,(H,21,25);1H/t15-,16-;/m1./s1. The summed E-state index contributed by atoms with van der Waals surface area (Å²) in [5.74, 6) is 5.55. The van der Waals surface area contributed by atoms with Gasteiger partial charge in [0.2, 0.25) is 11.8 Å². The molecule has 0 unspecified atom stereocenters. The van der Waals surface area contributed by atoms with Crippen LogP contribution in [0.15, 0.2) is 0 Å².